The van der Waals surface area contributed by atoms with E-state index in [1.54, 1.807) is 0 Å². The van der Waals surface area contributed by atoms with Gasteiger partial charge in [-0.1, -0.05) is 12.1 Å². The first kappa shape index (κ1) is 13.1. The smallest absolute Gasteiger partial charge is 0.221 e. The highest BCUT2D eigenvalue weighted by Gasteiger charge is 2.26. The Kier molecular flexibility index (Phi) is 2.96. The molecule has 2 heterocycles. The molecule has 22 heavy (non-hydrogen) atoms. The molecular formula is C18H17N3O. The van der Waals surface area contributed by atoms with Crippen LogP contribution in [0.1, 0.15) is 31.2 Å². The monoisotopic (exact) mass is 291 g/mol. The van der Waals surface area contributed by atoms with Gasteiger partial charge in [-0.15, -0.1) is 0 Å². The number of carbonyl (C=O) groups excluding carboxylic acids is 1. The van der Waals surface area contributed by atoms with E-state index in [4.69, 9.17) is 0 Å². The Morgan fingerprint density at radius 1 is 1.27 bits per heavy atom. The van der Waals surface area contributed by atoms with Gasteiger partial charge in [0.1, 0.15) is 5.65 Å². The molecular weight excluding hydrogens is 274 g/mol. The van der Waals surface area contributed by atoms with Crippen molar-refractivity contribution in [3.05, 3.63) is 48.3 Å². The summed E-state index contributed by atoms with van der Waals surface area (Å²) >= 11 is 0. The van der Waals surface area contributed by atoms with Crippen molar-refractivity contribution in [3.63, 3.8) is 0 Å². The fraction of sp³-hybridized carbons (Fsp3) is 0.222. The quantitative estimate of drug-likeness (QED) is 0.764. The number of benzene rings is 1. The van der Waals surface area contributed by atoms with E-state index >= 15 is 0 Å². The van der Waals surface area contributed by atoms with E-state index in [-0.39, 0.29) is 5.91 Å². The Balaban J connectivity index is 1.77. The van der Waals surface area contributed by atoms with Crippen LogP contribution in [0.15, 0.2) is 42.7 Å². The lowest BCUT2D eigenvalue weighted by atomic mass is 10.0. The van der Waals surface area contributed by atoms with Crippen molar-refractivity contribution in [2.75, 3.05) is 5.32 Å². The summed E-state index contributed by atoms with van der Waals surface area (Å²) in [4.78, 5) is 19.0. The van der Waals surface area contributed by atoms with E-state index in [2.05, 4.69) is 27.5 Å². The number of aromatic amines is 1. The largest absolute Gasteiger partial charge is 0.346 e. The molecule has 0 bridgehead atoms. The Labute approximate surface area is 128 Å². The zero-order valence-electron chi connectivity index (χ0n) is 12.4. The van der Waals surface area contributed by atoms with Gasteiger partial charge in [-0.25, -0.2) is 4.98 Å². The van der Waals surface area contributed by atoms with Crippen LogP contribution in [0.3, 0.4) is 0 Å². The van der Waals surface area contributed by atoms with E-state index in [1.807, 2.05) is 30.5 Å². The molecule has 0 atom stereocenters. The lowest BCUT2D eigenvalue weighted by Crippen LogP contribution is -2.05. The van der Waals surface area contributed by atoms with E-state index in [0.717, 1.165) is 22.5 Å². The Hall–Kier alpha value is -2.62. The van der Waals surface area contributed by atoms with Crippen LogP contribution >= 0.6 is 0 Å². The summed E-state index contributed by atoms with van der Waals surface area (Å²) in [7, 11) is 0. The molecule has 4 rings (SSSR count). The predicted octanol–water partition coefficient (Wildman–Crippen LogP) is 4.07. The number of nitrogens with zero attached hydrogens (tertiary/aromatic N) is 1. The molecule has 0 radical (unpaired) electrons. The second-order valence-corrected chi connectivity index (χ2v) is 5.90. The minimum absolute atomic E-state index is 0.0626. The average Bonchev–Trinajstić information content (AvgIpc) is 3.26. The van der Waals surface area contributed by atoms with Crippen molar-refractivity contribution in [2.45, 2.75) is 25.7 Å². The lowest BCUT2D eigenvalue weighted by Gasteiger charge is -2.06. The van der Waals surface area contributed by atoms with Crippen LogP contribution < -0.4 is 5.32 Å². The van der Waals surface area contributed by atoms with E-state index < -0.39 is 0 Å². The number of nitrogens with one attached hydrogen (secondary N) is 2. The van der Waals surface area contributed by atoms with Crippen LogP contribution in [0.4, 0.5) is 5.69 Å². The number of aromatic nitrogens is 2. The first-order valence-corrected chi connectivity index (χ1v) is 7.56. The standard InChI is InChI=1S/C18H17N3O/c1-11(22)21-15-4-2-3-13(7-15)14-8-16-17(12-5-6-12)10-20-18(16)19-9-14/h2-4,7-10,12H,5-6H2,1H3,(H,19,20)(H,21,22). The van der Waals surface area contributed by atoms with Gasteiger partial charge in [0.2, 0.25) is 5.91 Å². The van der Waals surface area contributed by atoms with Gasteiger partial charge in [-0.05, 0) is 48.1 Å². The molecule has 0 unspecified atom stereocenters. The van der Waals surface area contributed by atoms with Gasteiger partial charge in [0, 0.05) is 36.0 Å². The number of H-pyrrole nitrogens is 1. The van der Waals surface area contributed by atoms with Crippen molar-refractivity contribution in [1.82, 2.24) is 9.97 Å². The van der Waals surface area contributed by atoms with Crippen LogP contribution in [0, 0.1) is 0 Å². The molecule has 1 fully saturated rings. The summed E-state index contributed by atoms with van der Waals surface area (Å²) in [5, 5.41) is 4.03. The Bertz CT molecular complexity index is 862. The third-order valence-electron chi connectivity index (χ3n) is 4.10. The van der Waals surface area contributed by atoms with Crippen molar-refractivity contribution < 1.29 is 4.79 Å². The van der Waals surface area contributed by atoms with Crippen LogP contribution in [-0.4, -0.2) is 15.9 Å². The number of fused-ring (bicyclic) bond motifs is 1. The van der Waals surface area contributed by atoms with Gasteiger partial charge in [-0.3, -0.25) is 4.79 Å². The van der Waals surface area contributed by atoms with Crippen LogP contribution in [0.2, 0.25) is 0 Å². The summed E-state index contributed by atoms with van der Waals surface area (Å²) in [6.07, 6.45) is 6.51. The first-order chi connectivity index (χ1) is 10.7. The summed E-state index contributed by atoms with van der Waals surface area (Å²) in [5.74, 6) is 0.629. The maximum Gasteiger partial charge on any atom is 0.221 e. The molecule has 0 saturated heterocycles. The Morgan fingerprint density at radius 3 is 2.91 bits per heavy atom. The summed E-state index contributed by atoms with van der Waals surface area (Å²) < 4.78 is 0. The lowest BCUT2D eigenvalue weighted by molar-refractivity contribution is -0.114. The first-order valence-electron chi connectivity index (χ1n) is 7.56. The number of carbonyl (C=O) groups is 1. The number of amides is 1. The molecule has 1 aliphatic rings. The minimum atomic E-state index is -0.0626. The number of hydrogen-bond acceptors (Lipinski definition) is 2. The highest BCUT2D eigenvalue weighted by molar-refractivity contribution is 5.90. The summed E-state index contributed by atoms with van der Waals surface area (Å²) in [5.41, 5.74) is 5.26. The third kappa shape index (κ3) is 2.37. The topological polar surface area (TPSA) is 57.8 Å². The molecule has 0 aliphatic heterocycles. The summed E-state index contributed by atoms with van der Waals surface area (Å²) in [6.45, 7) is 1.52. The van der Waals surface area contributed by atoms with Gasteiger partial charge >= 0.3 is 0 Å². The highest BCUT2D eigenvalue weighted by Crippen LogP contribution is 2.43. The second-order valence-electron chi connectivity index (χ2n) is 5.90. The fourth-order valence-corrected chi connectivity index (χ4v) is 2.89. The van der Waals surface area contributed by atoms with Crippen LogP contribution in [0.25, 0.3) is 22.2 Å². The molecule has 4 heteroatoms. The van der Waals surface area contributed by atoms with Gasteiger partial charge in [0.15, 0.2) is 0 Å². The molecule has 3 aromatic rings. The van der Waals surface area contributed by atoms with E-state index in [1.165, 1.54) is 30.7 Å². The predicted molar refractivity (Wildman–Crippen MR) is 87.8 cm³/mol. The maximum atomic E-state index is 11.2. The molecule has 4 nitrogen and oxygen atoms in total. The maximum absolute atomic E-state index is 11.2. The summed E-state index contributed by atoms with van der Waals surface area (Å²) in [6, 6.07) is 10.1. The van der Waals surface area contributed by atoms with Gasteiger partial charge in [0.25, 0.3) is 0 Å². The number of pyridine rings is 1. The molecule has 2 N–H and O–H groups in total. The van der Waals surface area contributed by atoms with Crippen LogP contribution in [0.5, 0.6) is 0 Å². The average molecular weight is 291 g/mol. The molecule has 0 spiro atoms. The van der Waals surface area contributed by atoms with Crippen molar-refractivity contribution >= 4 is 22.6 Å². The molecule has 2 aromatic heterocycles. The third-order valence-corrected chi connectivity index (χ3v) is 4.10. The van der Waals surface area contributed by atoms with Crippen LogP contribution in [-0.2, 0) is 4.79 Å². The molecule has 1 saturated carbocycles. The van der Waals surface area contributed by atoms with Gasteiger partial charge < -0.3 is 10.3 Å². The van der Waals surface area contributed by atoms with Crippen molar-refractivity contribution in [1.29, 1.82) is 0 Å². The highest BCUT2D eigenvalue weighted by atomic mass is 16.1. The van der Waals surface area contributed by atoms with E-state index in [9.17, 15) is 4.79 Å². The Morgan fingerprint density at radius 2 is 2.14 bits per heavy atom. The van der Waals surface area contributed by atoms with E-state index in [0.29, 0.717) is 5.92 Å². The minimum Gasteiger partial charge on any atom is -0.346 e. The zero-order valence-corrected chi connectivity index (χ0v) is 12.4. The van der Waals surface area contributed by atoms with Gasteiger partial charge in [-0.2, -0.15) is 0 Å². The fourth-order valence-electron chi connectivity index (χ4n) is 2.89. The van der Waals surface area contributed by atoms with Gasteiger partial charge in [0.05, 0.1) is 0 Å². The zero-order chi connectivity index (χ0) is 15.1. The molecule has 1 amide bonds. The second kappa shape index (κ2) is 4.98. The number of rotatable bonds is 3. The van der Waals surface area contributed by atoms with Crippen molar-refractivity contribution in [3.8, 4) is 11.1 Å². The van der Waals surface area contributed by atoms with Crippen molar-refractivity contribution in [2.24, 2.45) is 0 Å². The molecule has 110 valence electrons. The molecule has 1 aromatic carbocycles. The normalized spacial score (nSPS) is 14.2. The SMILES string of the molecule is CC(=O)Nc1cccc(-c2cnc3[nH]cc(C4CC4)c3c2)c1. The number of anilines is 1. The molecule has 1 aliphatic carbocycles. The number of hydrogen-bond donors (Lipinski definition) is 2.